The zero-order chi connectivity index (χ0) is 19.7. The topological polar surface area (TPSA) is 171 Å². The van der Waals surface area contributed by atoms with Gasteiger partial charge in [0.15, 0.2) is 0 Å². The van der Waals surface area contributed by atoms with Gasteiger partial charge in [-0.3, -0.25) is 14.4 Å². The van der Waals surface area contributed by atoms with Crippen LogP contribution in [0.1, 0.15) is 34.1 Å². The fourth-order valence-electron chi connectivity index (χ4n) is 2.00. The van der Waals surface area contributed by atoms with Gasteiger partial charge in [-0.1, -0.05) is 13.8 Å². The Balaban J connectivity index is 4.97. The summed E-state index contributed by atoms with van der Waals surface area (Å²) in [6, 6.07) is -3.48. The molecule has 7 N–H and O–H groups in total. The highest BCUT2D eigenvalue weighted by Crippen LogP contribution is 2.06. The molecule has 0 rings (SSSR count). The molecule has 0 radical (unpaired) electrons. The molecule has 0 aromatic carbocycles. The number of aliphatic hydroxyl groups excluding tert-OH is 1. The second-order valence-corrected chi connectivity index (χ2v) is 6.25. The quantitative estimate of drug-likeness (QED) is 0.260. The number of rotatable bonds is 10. The first-order chi connectivity index (χ1) is 11.5. The van der Waals surface area contributed by atoms with Crippen LogP contribution in [-0.2, 0) is 19.2 Å². The van der Waals surface area contributed by atoms with E-state index >= 15 is 0 Å². The summed E-state index contributed by atoms with van der Waals surface area (Å²) < 4.78 is 0. The monoisotopic (exact) mass is 360 g/mol. The number of hydrogen-bond donors (Lipinski definition) is 6. The van der Waals surface area contributed by atoms with Crippen LogP contribution in [0.15, 0.2) is 0 Å². The molecule has 0 spiro atoms. The van der Waals surface area contributed by atoms with Crippen molar-refractivity contribution < 1.29 is 29.4 Å². The molecule has 0 aromatic rings. The molecule has 0 aliphatic heterocycles. The lowest BCUT2D eigenvalue weighted by atomic mass is 10.0. The van der Waals surface area contributed by atoms with Crippen LogP contribution in [0.5, 0.6) is 0 Å². The second-order valence-electron chi connectivity index (χ2n) is 6.25. The first kappa shape index (κ1) is 22.8. The Bertz CT molecular complexity index is 494. The molecule has 3 amide bonds. The maximum Gasteiger partial charge on any atom is 0.326 e. The zero-order valence-electron chi connectivity index (χ0n) is 14.9. The number of amides is 3. The molecule has 0 heterocycles. The highest BCUT2D eigenvalue weighted by atomic mass is 16.4. The molecule has 144 valence electrons. The normalized spacial score (nSPS) is 15.6. The molecule has 0 saturated carbocycles. The Morgan fingerprint density at radius 1 is 0.960 bits per heavy atom. The van der Waals surface area contributed by atoms with Crippen LogP contribution in [0.4, 0.5) is 0 Å². The predicted octanol–water partition coefficient (Wildman–Crippen LogP) is -2.07. The minimum atomic E-state index is -1.36. The van der Waals surface area contributed by atoms with E-state index in [9.17, 15) is 24.3 Å². The first-order valence-corrected chi connectivity index (χ1v) is 8.00. The third-order valence-corrected chi connectivity index (χ3v) is 3.34. The predicted molar refractivity (Wildman–Crippen MR) is 89.3 cm³/mol. The number of carboxylic acid groups (broad SMARTS) is 1. The van der Waals surface area contributed by atoms with Crippen molar-refractivity contribution in [1.82, 2.24) is 16.0 Å². The van der Waals surface area contributed by atoms with Crippen molar-refractivity contribution in [3.63, 3.8) is 0 Å². The Morgan fingerprint density at radius 3 is 1.92 bits per heavy atom. The molecule has 0 fully saturated rings. The van der Waals surface area contributed by atoms with E-state index in [1.807, 2.05) is 0 Å². The standard InChI is InChI=1S/C15H28N4O6/c1-7(2)5-10(15(24)25)18-14(23)12(9(4)20)19-13(22)8(3)17-11(21)6-16/h7-10,12,20H,5-6,16H2,1-4H3,(H,17,21)(H,18,23)(H,19,22)(H,24,25). The van der Waals surface area contributed by atoms with Crippen molar-refractivity contribution >= 4 is 23.7 Å². The Hall–Kier alpha value is -2.20. The molecule has 4 unspecified atom stereocenters. The molecule has 4 atom stereocenters. The van der Waals surface area contributed by atoms with Crippen LogP contribution in [0, 0.1) is 5.92 Å². The van der Waals surface area contributed by atoms with Gasteiger partial charge in [0.1, 0.15) is 18.1 Å². The van der Waals surface area contributed by atoms with Crippen LogP contribution < -0.4 is 21.7 Å². The number of carbonyl (C=O) groups is 4. The minimum Gasteiger partial charge on any atom is -0.480 e. The van der Waals surface area contributed by atoms with Crippen molar-refractivity contribution in [2.45, 2.75) is 58.3 Å². The van der Waals surface area contributed by atoms with Gasteiger partial charge >= 0.3 is 5.97 Å². The molecule has 0 aliphatic rings. The highest BCUT2D eigenvalue weighted by Gasteiger charge is 2.31. The molecule has 0 bridgehead atoms. The van der Waals surface area contributed by atoms with E-state index in [2.05, 4.69) is 16.0 Å². The van der Waals surface area contributed by atoms with Crippen molar-refractivity contribution in [3.8, 4) is 0 Å². The number of carboxylic acids is 1. The summed E-state index contributed by atoms with van der Waals surface area (Å²) >= 11 is 0. The van der Waals surface area contributed by atoms with E-state index in [0.717, 1.165) is 0 Å². The zero-order valence-corrected chi connectivity index (χ0v) is 14.9. The van der Waals surface area contributed by atoms with E-state index in [0.29, 0.717) is 0 Å². The molecular formula is C15H28N4O6. The van der Waals surface area contributed by atoms with Crippen LogP contribution >= 0.6 is 0 Å². The smallest absolute Gasteiger partial charge is 0.326 e. The Morgan fingerprint density at radius 2 is 1.52 bits per heavy atom. The van der Waals surface area contributed by atoms with Crippen molar-refractivity contribution in [1.29, 1.82) is 0 Å². The summed E-state index contributed by atoms with van der Waals surface area (Å²) in [5, 5.41) is 25.8. The minimum absolute atomic E-state index is 0.0208. The molecule has 0 aliphatic carbocycles. The number of hydrogen-bond acceptors (Lipinski definition) is 6. The van der Waals surface area contributed by atoms with Crippen LogP contribution in [0.25, 0.3) is 0 Å². The lowest BCUT2D eigenvalue weighted by Gasteiger charge is -2.25. The van der Waals surface area contributed by atoms with E-state index in [1.54, 1.807) is 13.8 Å². The molecule has 10 nitrogen and oxygen atoms in total. The molecule has 10 heteroatoms. The third-order valence-electron chi connectivity index (χ3n) is 3.34. The lowest BCUT2D eigenvalue weighted by molar-refractivity contribution is -0.143. The van der Waals surface area contributed by atoms with Gasteiger partial charge in [0.25, 0.3) is 0 Å². The average Bonchev–Trinajstić information content (AvgIpc) is 2.50. The molecule has 0 aromatic heterocycles. The van der Waals surface area contributed by atoms with Crippen LogP contribution in [-0.4, -0.2) is 64.7 Å². The van der Waals surface area contributed by atoms with Gasteiger partial charge in [-0.2, -0.15) is 0 Å². The van der Waals surface area contributed by atoms with Gasteiger partial charge in [0, 0.05) is 0 Å². The van der Waals surface area contributed by atoms with Crippen molar-refractivity contribution in [3.05, 3.63) is 0 Å². The molecular weight excluding hydrogens is 332 g/mol. The number of nitrogens with one attached hydrogen (secondary N) is 3. The fraction of sp³-hybridized carbons (Fsp3) is 0.733. The van der Waals surface area contributed by atoms with E-state index in [-0.39, 0.29) is 18.9 Å². The van der Waals surface area contributed by atoms with Gasteiger partial charge in [0.05, 0.1) is 12.6 Å². The summed E-state index contributed by atoms with van der Waals surface area (Å²) in [6.45, 7) is 5.98. The molecule has 25 heavy (non-hydrogen) atoms. The van der Waals surface area contributed by atoms with Crippen molar-refractivity contribution in [2.75, 3.05) is 6.54 Å². The summed E-state index contributed by atoms with van der Waals surface area (Å²) in [5.74, 6) is -3.27. The van der Waals surface area contributed by atoms with E-state index < -0.39 is 47.9 Å². The number of nitrogens with two attached hydrogens (primary N) is 1. The first-order valence-electron chi connectivity index (χ1n) is 8.00. The maximum atomic E-state index is 12.3. The fourth-order valence-corrected chi connectivity index (χ4v) is 2.00. The van der Waals surface area contributed by atoms with Crippen LogP contribution in [0.3, 0.4) is 0 Å². The summed E-state index contributed by atoms with van der Waals surface area (Å²) in [4.78, 5) is 46.7. The Labute approximate surface area is 146 Å². The van der Waals surface area contributed by atoms with Gasteiger partial charge in [-0.15, -0.1) is 0 Å². The number of aliphatic carboxylic acids is 1. The van der Waals surface area contributed by atoms with Crippen molar-refractivity contribution in [2.24, 2.45) is 11.7 Å². The van der Waals surface area contributed by atoms with Gasteiger partial charge in [-0.05, 0) is 26.2 Å². The Kier molecular flexibility index (Phi) is 9.69. The second kappa shape index (κ2) is 10.6. The SMILES string of the molecule is CC(C)CC(NC(=O)C(NC(=O)C(C)NC(=O)CN)C(C)O)C(=O)O. The number of aliphatic hydroxyl groups is 1. The van der Waals surface area contributed by atoms with Gasteiger partial charge in [0.2, 0.25) is 17.7 Å². The van der Waals surface area contributed by atoms with Gasteiger partial charge in [-0.25, -0.2) is 4.79 Å². The van der Waals surface area contributed by atoms with Gasteiger partial charge < -0.3 is 31.9 Å². The summed E-state index contributed by atoms with van der Waals surface area (Å²) in [6.07, 6.45) is -1.07. The average molecular weight is 360 g/mol. The molecule has 0 saturated heterocycles. The largest absolute Gasteiger partial charge is 0.480 e. The van der Waals surface area contributed by atoms with E-state index in [4.69, 9.17) is 10.8 Å². The highest BCUT2D eigenvalue weighted by molar-refractivity contribution is 5.93. The number of carbonyl (C=O) groups excluding carboxylic acids is 3. The van der Waals surface area contributed by atoms with E-state index in [1.165, 1.54) is 13.8 Å². The van der Waals surface area contributed by atoms with Crippen LogP contribution in [0.2, 0.25) is 0 Å². The maximum absolute atomic E-state index is 12.3. The summed E-state index contributed by atoms with van der Waals surface area (Å²) in [5.41, 5.74) is 5.14. The summed E-state index contributed by atoms with van der Waals surface area (Å²) in [7, 11) is 0. The third kappa shape index (κ3) is 8.45. The lowest BCUT2D eigenvalue weighted by Crippen LogP contribution is -2.58.